The van der Waals surface area contributed by atoms with Crippen LogP contribution in [0.5, 0.6) is 0 Å². The molecule has 12 heavy (non-hydrogen) atoms. The monoisotopic (exact) mass is 202 g/mol. The van der Waals surface area contributed by atoms with Gasteiger partial charge in [-0.2, -0.15) is 0 Å². The summed E-state index contributed by atoms with van der Waals surface area (Å²) in [4.78, 5) is 9.84. The van der Waals surface area contributed by atoms with E-state index in [2.05, 4.69) is 5.32 Å². The van der Waals surface area contributed by atoms with E-state index in [9.17, 15) is 18.7 Å². The molecule has 0 radical (unpaired) electrons. The van der Waals surface area contributed by atoms with Crippen molar-refractivity contribution in [2.75, 3.05) is 12.4 Å². The SMILES string of the molecule is O=C([O-])CCCNCS(=O)[O-].[Na+]. The number of carboxylic acid groups (broad SMARTS) is 1. The molecule has 0 aliphatic carbocycles. The Hall–Kier alpha value is 0.540. The van der Waals surface area contributed by atoms with Crippen LogP contribution in [-0.2, 0) is 15.9 Å². The summed E-state index contributed by atoms with van der Waals surface area (Å²) < 4.78 is 19.8. The molecule has 7 heteroatoms. The van der Waals surface area contributed by atoms with Crippen LogP contribution in [0.1, 0.15) is 12.8 Å². The first-order valence-electron chi connectivity index (χ1n) is 3.09. The van der Waals surface area contributed by atoms with Gasteiger partial charge in [0.1, 0.15) is 0 Å². The Balaban J connectivity index is 0. The summed E-state index contributed by atoms with van der Waals surface area (Å²) in [5, 5.41) is 12.4. The van der Waals surface area contributed by atoms with E-state index >= 15 is 0 Å². The van der Waals surface area contributed by atoms with Gasteiger partial charge >= 0.3 is 29.6 Å². The van der Waals surface area contributed by atoms with E-state index in [1.165, 1.54) is 0 Å². The van der Waals surface area contributed by atoms with E-state index in [1.54, 1.807) is 0 Å². The molecule has 5 nitrogen and oxygen atoms in total. The average Bonchev–Trinajstić information content (AvgIpc) is 1.85. The minimum atomic E-state index is -2.10. The molecule has 66 valence electrons. The molecule has 0 bridgehead atoms. The molecule has 0 saturated carbocycles. The zero-order valence-electron chi connectivity index (χ0n) is 6.87. The third kappa shape index (κ3) is 13.2. The molecule has 1 N–H and O–H groups in total. The molecule has 0 spiro atoms. The summed E-state index contributed by atoms with van der Waals surface area (Å²) in [6.07, 6.45) is 0.345. The van der Waals surface area contributed by atoms with Crippen LogP contribution in [0.4, 0.5) is 0 Å². The number of rotatable bonds is 6. The third-order valence-corrected chi connectivity index (χ3v) is 1.39. The average molecular weight is 202 g/mol. The number of carbonyl (C=O) groups excluding carboxylic acids is 1. The van der Waals surface area contributed by atoms with Gasteiger partial charge in [-0.25, -0.2) is 0 Å². The van der Waals surface area contributed by atoms with Gasteiger partial charge in [0, 0.05) is 5.97 Å². The molecule has 0 heterocycles. The van der Waals surface area contributed by atoms with Gasteiger partial charge < -0.3 is 19.8 Å². The van der Waals surface area contributed by atoms with Crippen molar-refractivity contribution in [2.45, 2.75) is 12.8 Å². The number of carbonyl (C=O) groups is 1. The van der Waals surface area contributed by atoms with Crippen molar-refractivity contribution in [3.63, 3.8) is 0 Å². The Kier molecular flexibility index (Phi) is 12.1. The van der Waals surface area contributed by atoms with E-state index in [0.717, 1.165) is 0 Å². The minimum absolute atomic E-state index is 0. The normalized spacial score (nSPS) is 11.8. The fourth-order valence-electron chi connectivity index (χ4n) is 0.513. The van der Waals surface area contributed by atoms with Crippen LogP contribution in [0.15, 0.2) is 0 Å². The van der Waals surface area contributed by atoms with Crippen LogP contribution in [-0.4, -0.2) is 27.2 Å². The van der Waals surface area contributed by atoms with Gasteiger partial charge in [0.05, 0.1) is 5.88 Å². The molecular weight excluding hydrogens is 193 g/mol. The van der Waals surface area contributed by atoms with Gasteiger partial charge in [0.15, 0.2) is 0 Å². The quantitative estimate of drug-likeness (QED) is 0.264. The zero-order valence-corrected chi connectivity index (χ0v) is 9.69. The predicted octanol–water partition coefficient (Wildman–Crippen LogP) is -5.05. The number of nitrogens with one attached hydrogen (secondary N) is 1. The second-order valence-corrected chi connectivity index (χ2v) is 2.82. The van der Waals surface area contributed by atoms with Gasteiger partial charge in [-0.05, 0) is 30.5 Å². The van der Waals surface area contributed by atoms with Crippen molar-refractivity contribution in [3.8, 4) is 0 Å². The van der Waals surface area contributed by atoms with Crippen molar-refractivity contribution >= 4 is 17.0 Å². The Morgan fingerprint density at radius 3 is 2.50 bits per heavy atom. The fraction of sp³-hybridized carbons (Fsp3) is 0.800. The summed E-state index contributed by atoms with van der Waals surface area (Å²) in [5.74, 6) is -1.25. The molecular formula is C5H9NNaO4S-. The van der Waals surface area contributed by atoms with Crippen LogP contribution in [0.2, 0.25) is 0 Å². The molecule has 0 rings (SSSR count). The van der Waals surface area contributed by atoms with E-state index in [-0.39, 0.29) is 41.9 Å². The fourth-order valence-corrected chi connectivity index (χ4v) is 0.824. The maximum absolute atomic E-state index is 9.91. The van der Waals surface area contributed by atoms with Crippen molar-refractivity contribution < 1.29 is 48.2 Å². The first-order valence-corrected chi connectivity index (χ1v) is 4.33. The van der Waals surface area contributed by atoms with E-state index in [4.69, 9.17) is 0 Å². The van der Waals surface area contributed by atoms with Crippen molar-refractivity contribution in [1.29, 1.82) is 0 Å². The van der Waals surface area contributed by atoms with Crippen LogP contribution in [0.3, 0.4) is 0 Å². The van der Waals surface area contributed by atoms with Crippen LogP contribution in [0.25, 0.3) is 0 Å². The Bertz CT molecular complexity index is 138. The number of carboxylic acids is 1. The first kappa shape index (κ1) is 15.0. The molecule has 0 aliphatic rings. The molecule has 0 aromatic rings. The van der Waals surface area contributed by atoms with Gasteiger partial charge in [-0.15, -0.1) is 0 Å². The van der Waals surface area contributed by atoms with E-state index < -0.39 is 17.0 Å². The molecule has 0 fully saturated rings. The maximum atomic E-state index is 9.91. The Morgan fingerprint density at radius 2 is 2.08 bits per heavy atom. The molecule has 1 unspecified atom stereocenters. The summed E-state index contributed by atoms with van der Waals surface area (Å²) in [6, 6.07) is 0. The van der Waals surface area contributed by atoms with Gasteiger partial charge in [-0.1, -0.05) is 0 Å². The van der Waals surface area contributed by atoms with Gasteiger partial charge in [0.25, 0.3) is 0 Å². The van der Waals surface area contributed by atoms with Crippen LogP contribution >= 0.6 is 0 Å². The Morgan fingerprint density at radius 1 is 1.50 bits per heavy atom. The van der Waals surface area contributed by atoms with Crippen molar-refractivity contribution in [3.05, 3.63) is 0 Å². The van der Waals surface area contributed by atoms with E-state index in [1.807, 2.05) is 0 Å². The van der Waals surface area contributed by atoms with Gasteiger partial charge in [0.2, 0.25) is 0 Å². The van der Waals surface area contributed by atoms with Crippen molar-refractivity contribution in [2.24, 2.45) is 0 Å². The summed E-state index contributed by atoms with van der Waals surface area (Å²) in [7, 11) is 0. The van der Waals surface area contributed by atoms with Crippen LogP contribution < -0.4 is 40.0 Å². The summed E-state index contributed by atoms with van der Waals surface area (Å²) in [5.41, 5.74) is 0. The number of hydrogen-bond donors (Lipinski definition) is 1. The molecule has 0 aromatic carbocycles. The molecule has 0 amide bonds. The second-order valence-electron chi connectivity index (χ2n) is 1.92. The minimum Gasteiger partial charge on any atom is -0.771 e. The smallest absolute Gasteiger partial charge is 0.771 e. The topological polar surface area (TPSA) is 92.3 Å². The summed E-state index contributed by atoms with van der Waals surface area (Å²) in [6.45, 7) is 0.377. The molecule has 1 atom stereocenters. The number of aliphatic carboxylic acids is 1. The predicted molar refractivity (Wildman–Crippen MR) is 36.0 cm³/mol. The number of hydrogen-bond acceptors (Lipinski definition) is 5. The molecule has 0 aromatic heterocycles. The summed E-state index contributed by atoms with van der Waals surface area (Å²) >= 11 is -2.10. The standard InChI is InChI=1S/C5H11NO4S.Na/c7-5(8)2-1-3-6-4-11(9)10;/h6H,1-4H2,(H,7,8)(H,9,10);/q;+1/p-2. The molecule has 0 aliphatic heterocycles. The van der Waals surface area contributed by atoms with Gasteiger partial charge in [-0.3, -0.25) is 4.21 Å². The van der Waals surface area contributed by atoms with Crippen LogP contribution in [0, 0.1) is 0 Å². The maximum Gasteiger partial charge on any atom is 1.00 e. The molecule has 0 saturated heterocycles. The Labute approximate surface area is 95.5 Å². The largest absolute Gasteiger partial charge is 1.00 e. The third-order valence-electron chi connectivity index (χ3n) is 0.954. The van der Waals surface area contributed by atoms with E-state index in [0.29, 0.717) is 13.0 Å². The van der Waals surface area contributed by atoms with Crippen molar-refractivity contribution in [1.82, 2.24) is 5.32 Å². The first-order chi connectivity index (χ1) is 5.13. The second kappa shape index (κ2) is 9.63. The zero-order chi connectivity index (χ0) is 8.69.